The first kappa shape index (κ1) is 24.1. The van der Waals surface area contributed by atoms with E-state index in [4.69, 9.17) is 9.47 Å². The number of carbonyl (C=O) groups is 1. The molecule has 11 heteroatoms. The number of thioether (sulfide) groups is 1. The van der Waals surface area contributed by atoms with Gasteiger partial charge in [-0.1, -0.05) is 17.8 Å². The molecule has 0 atom stereocenters. The molecule has 186 valence electrons. The Kier molecular flexibility index (Phi) is 7.87. The molecule has 2 aliphatic rings. The molecular formula is C24H30N6O3S2. The summed E-state index contributed by atoms with van der Waals surface area (Å²) in [6, 6.07) is 10.3. The summed E-state index contributed by atoms with van der Waals surface area (Å²) in [5, 5.41) is 14.6. The highest BCUT2D eigenvalue weighted by Gasteiger charge is 2.20. The van der Waals surface area contributed by atoms with E-state index in [0.717, 1.165) is 78.9 Å². The molecular weight excluding hydrogens is 484 g/mol. The maximum atomic E-state index is 13.0. The van der Waals surface area contributed by atoms with E-state index in [1.807, 2.05) is 23.6 Å². The molecule has 0 spiro atoms. The van der Waals surface area contributed by atoms with Crippen LogP contribution in [0.15, 0.2) is 40.9 Å². The van der Waals surface area contributed by atoms with E-state index in [9.17, 15) is 4.79 Å². The predicted molar refractivity (Wildman–Crippen MR) is 141 cm³/mol. The summed E-state index contributed by atoms with van der Waals surface area (Å²) >= 11 is 3.05. The zero-order valence-electron chi connectivity index (χ0n) is 19.8. The average Bonchev–Trinajstić information content (AvgIpc) is 3.58. The van der Waals surface area contributed by atoms with Crippen LogP contribution in [0.4, 0.5) is 17.1 Å². The molecule has 1 aromatic carbocycles. The van der Waals surface area contributed by atoms with Gasteiger partial charge < -0.3 is 29.2 Å². The summed E-state index contributed by atoms with van der Waals surface area (Å²) in [6.07, 6.45) is 0. The minimum Gasteiger partial charge on any atom is -0.378 e. The van der Waals surface area contributed by atoms with Crippen LogP contribution in [0.2, 0.25) is 0 Å². The third-order valence-corrected chi connectivity index (χ3v) is 7.92. The number of aromatic nitrogens is 3. The molecule has 0 bridgehead atoms. The Bertz CT molecular complexity index is 1120. The van der Waals surface area contributed by atoms with Gasteiger partial charge in [-0.25, -0.2) is 0 Å². The molecule has 0 unspecified atom stereocenters. The van der Waals surface area contributed by atoms with Gasteiger partial charge in [0.05, 0.1) is 48.4 Å². The van der Waals surface area contributed by atoms with Crippen LogP contribution in [0, 0.1) is 0 Å². The van der Waals surface area contributed by atoms with Crippen molar-refractivity contribution in [2.45, 2.75) is 18.6 Å². The highest BCUT2D eigenvalue weighted by atomic mass is 32.2. The van der Waals surface area contributed by atoms with Crippen molar-refractivity contribution in [3.8, 4) is 10.7 Å². The lowest BCUT2D eigenvalue weighted by atomic mass is 10.1. The highest BCUT2D eigenvalue weighted by molar-refractivity contribution is 7.99. The fourth-order valence-corrected chi connectivity index (χ4v) is 5.81. The molecule has 35 heavy (non-hydrogen) atoms. The van der Waals surface area contributed by atoms with Gasteiger partial charge in [0.2, 0.25) is 5.91 Å². The third kappa shape index (κ3) is 5.64. The van der Waals surface area contributed by atoms with E-state index < -0.39 is 0 Å². The normalized spacial score (nSPS) is 16.5. The van der Waals surface area contributed by atoms with Gasteiger partial charge in [-0.2, -0.15) is 0 Å². The molecule has 1 amide bonds. The Labute approximate surface area is 213 Å². The van der Waals surface area contributed by atoms with Gasteiger partial charge in [0.25, 0.3) is 0 Å². The molecule has 0 saturated carbocycles. The number of nitrogens with zero attached hydrogens (tertiary/aromatic N) is 5. The van der Waals surface area contributed by atoms with Crippen molar-refractivity contribution >= 4 is 46.1 Å². The van der Waals surface area contributed by atoms with Crippen LogP contribution in [0.25, 0.3) is 10.7 Å². The van der Waals surface area contributed by atoms with Gasteiger partial charge in [0.1, 0.15) is 0 Å². The largest absolute Gasteiger partial charge is 0.378 e. The Morgan fingerprint density at radius 1 is 1.06 bits per heavy atom. The molecule has 9 nitrogen and oxygen atoms in total. The van der Waals surface area contributed by atoms with Gasteiger partial charge in [-0.05, 0) is 36.6 Å². The van der Waals surface area contributed by atoms with Crippen LogP contribution in [0.3, 0.4) is 0 Å². The molecule has 2 saturated heterocycles. The molecule has 1 N–H and O–H groups in total. The summed E-state index contributed by atoms with van der Waals surface area (Å²) in [5.41, 5.74) is 3.01. The number of carbonyl (C=O) groups excluding carboxylic acids is 1. The van der Waals surface area contributed by atoms with Crippen molar-refractivity contribution in [1.82, 2.24) is 14.8 Å². The van der Waals surface area contributed by atoms with E-state index in [1.165, 1.54) is 11.8 Å². The molecule has 5 rings (SSSR count). The molecule has 0 radical (unpaired) electrons. The second-order valence-electron chi connectivity index (χ2n) is 8.26. The van der Waals surface area contributed by atoms with Gasteiger partial charge in [-0.15, -0.1) is 21.5 Å². The number of hydrogen-bond donors (Lipinski definition) is 1. The second-order valence-corrected chi connectivity index (χ2v) is 10.2. The Hall–Kier alpha value is -2.60. The van der Waals surface area contributed by atoms with Gasteiger partial charge in [-0.3, -0.25) is 4.79 Å². The summed E-state index contributed by atoms with van der Waals surface area (Å²) in [6.45, 7) is 8.99. The van der Waals surface area contributed by atoms with Crippen LogP contribution >= 0.6 is 23.1 Å². The molecule has 4 heterocycles. The summed E-state index contributed by atoms with van der Waals surface area (Å²) in [7, 11) is 0. The first-order chi connectivity index (χ1) is 17.2. The van der Waals surface area contributed by atoms with Crippen molar-refractivity contribution in [1.29, 1.82) is 0 Å². The molecule has 3 aromatic rings. The first-order valence-electron chi connectivity index (χ1n) is 11.9. The SMILES string of the molecule is CCn1c(SCC(=O)Nc2ccc(N3CCOCC3)cc2N2CCOCC2)nnc1-c1cccs1. The van der Waals surface area contributed by atoms with Crippen molar-refractivity contribution in [3.05, 3.63) is 35.7 Å². The maximum absolute atomic E-state index is 13.0. The Morgan fingerprint density at radius 2 is 1.80 bits per heavy atom. The number of ether oxygens (including phenoxy) is 2. The second kappa shape index (κ2) is 11.4. The van der Waals surface area contributed by atoms with E-state index in [1.54, 1.807) is 11.3 Å². The fraction of sp³-hybridized carbons (Fsp3) is 0.458. The van der Waals surface area contributed by atoms with Crippen LogP contribution < -0.4 is 15.1 Å². The quantitative estimate of drug-likeness (QED) is 0.458. The minimum atomic E-state index is -0.0630. The number of hydrogen-bond acceptors (Lipinski definition) is 9. The van der Waals surface area contributed by atoms with E-state index in [-0.39, 0.29) is 11.7 Å². The lowest BCUT2D eigenvalue weighted by Gasteiger charge is -2.33. The van der Waals surface area contributed by atoms with Crippen LogP contribution in [-0.2, 0) is 20.8 Å². The average molecular weight is 515 g/mol. The number of anilines is 3. The van der Waals surface area contributed by atoms with Crippen LogP contribution in [0.1, 0.15) is 6.92 Å². The highest BCUT2D eigenvalue weighted by Crippen LogP contribution is 2.33. The van der Waals surface area contributed by atoms with E-state index in [0.29, 0.717) is 13.2 Å². The van der Waals surface area contributed by atoms with Crippen LogP contribution in [0.5, 0.6) is 0 Å². The Morgan fingerprint density at radius 3 is 2.49 bits per heavy atom. The van der Waals surface area contributed by atoms with Gasteiger partial charge in [0.15, 0.2) is 11.0 Å². The molecule has 0 aliphatic carbocycles. The maximum Gasteiger partial charge on any atom is 0.234 e. The summed E-state index contributed by atoms with van der Waals surface area (Å²) < 4.78 is 13.1. The topological polar surface area (TPSA) is 84.8 Å². The molecule has 2 aromatic heterocycles. The number of benzene rings is 1. The lowest BCUT2D eigenvalue weighted by Crippen LogP contribution is -2.38. The van der Waals surface area contributed by atoms with Crippen molar-refractivity contribution in [2.75, 3.05) is 73.5 Å². The molecule has 2 aliphatic heterocycles. The fourth-order valence-electron chi connectivity index (χ4n) is 4.29. The summed E-state index contributed by atoms with van der Waals surface area (Å²) in [4.78, 5) is 18.7. The van der Waals surface area contributed by atoms with E-state index in [2.05, 4.69) is 48.9 Å². The van der Waals surface area contributed by atoms with Crippen molar-refractivity contribution < 1.29 is 14.3 Å². The van der Waals surface area contributed by atoms with Crippen molar-refractivity contribution in [3.63, 3.8) is 0 Å². The zero-order valence-corrected chi connectivity index (χ0v) is 21.4. The first-order valence-corrected chi connectivity index (χ1v) is 13.8. The smallest absolute Gasteiger partial charge is 0.234 e. The zero-order chi connectivity index (χ0) is 24.0. The minimum absolute atomic E-state index is 0.0630. The lowest BCUT2D eigenvalue weighted by molar-refractivity contribution is -0.113. The number of rotatable bonds is 8. The van der Waals surface area contributed by atoms with Crippen molar-refractivity contribution in [2.24, 2.45) is 0 Å². The number of morpholine rings is 2. The standard InChI is InChI=1S/C24H30N6O3S2/c1-2-30-23(21-4-3-15-34-21)26-27-24(30)35-17-22(31)25-19-6-5-18(28-7-11-32-12-8-28)16-20(19)29-9-13-33-14-10-29/h3-6,15-16H,2,7-14,17H2,1H3,(H,25,31). The number of thiophene rings is 1. The third-order valence-electron chi connectivity index (χ3n) is 6.09. The van der Waals surface area contributed by atoms with E-state index >= 15 is 0 Å². The van der Waals surface area contributed by atoms with Crippen LogP contribution in [-0.4, -0.2) is 79.0 Å². The number of nitrogens with one attached hydrogen (secondary N) is 1. The van der Waals surface area contributed by atoms with Gasteiger partial charge in [0, 0.05) is 38.4 Å². The predicted octanol–water partition coefficient (Wildman–Crippen LogP) is 3.43. The summed E-state index contributed by atoms with van der Waals surface area (Å²) in [5.74, 6) is 1.04. The Balaban J connectivity index is 1.29. The van der Waals surface area contributed by atoms with Gasteiger partial charge >= 0.3 is 0 Å². The number of amides is 1. The monoisotopic (exact) mass is 514 g/mol. The molecule has 2 fully saturated rings.